The molecule has 3 saturated heterocycles. The molecule has 2 amide bonds. The number of ether oxygens (including phenoxy) is 6. The van der Waals surface area contributed by atoms with Gasteiger partial charge in [0.25, 0.3) is 0 Å². The molecular weight excluding hydrogens is 708 g/mol. The van der Waals surface area contributed by atoms with Crippen molar-refractivity contribution in [2.75, 3.05) is 26.4 Å². The molecule has 306 valence electrons. The number of carbonyl (C=O) groups excluding carboxylic acids is 4. The second-order valence-electron chi connectivity index (χ2n) is 13.7. The van der Waals surface area contributed by atoms with Gasteiger partial charge in [-0.1, -0.05) is 6.92 Å². The van der Waals surface area contributed by atoms with Crippen LogP contribution in [-0.2, 0) is 47.6 Å². The zero-order chi connectivity index (χ0) is 39.2. The normalized spacial score (nSPS) is 36.1. The number of hydrogen-bond acceptors (Lipinski definition) is 17. The molecule has 3 heterocycles. The fourth-order valence-corrected chi connectivity index (χ4v) is 6.27. The van der Waals surface area contributed by atoms with Crippen molar-refractivity contribution in [2.45, 2.75) is 165 Å². The summed E-state index contributed by atoms with van der Waals surface area (Å²) in [6.07, 6.45) is -15.1. The SMILES string of the molecule is CCC(=O)CNC(=O)CCCCC(=O)CCCCO[C@@H]1OC(CO)[C@H](O)[C@H](O[C@H]2OC(CO)[C@H](O)[C@H](O)C2NC(C)=O)C1O[C@H]1C[C@@H](O)[C@H](O)C(C)O1. The molecule has 3 rings (SSSR count). The highest BCUT2D eigenvalue weighted by molar-refractivity contribution is 5.85. The first-order valence-corrected chi connectivity index (χ1v) is 18.3. The molecule has 0 aliphatic carbocycles. The van der Waals surface area contributed by atoms with E-state index in [1.807, 2.05) is 0 Å². The lowest BCUT2D eigenvalue weighted by molar-refractivity contribution is -0.375. The van der Waals surface area contributed by atoms with Crippen LogP contribution in [0.5, 0.6) is 0 Å². The highest BCUT2D eigenvalue weighted by Crippen LogP contribution is 2.33. The fraction of sp³-hybridized carbons (Fsp3) is 0.882. The molecule has 0 spiro atoms. The Hall–Kier alpha value is -2.24. The lowest BCUT2D eigenvalue weighted by atomic mass is 9.95. The molecule has 0 aromatic heterocycles. The van der Waals surface area contributed by atoms with Crippen LogP contribution in [-0.4, -0.2) is 171 Å². The molecule has 0 saturated carbocycles. The largest absolute Gasteiger partial charge is 0.394 e. The lowest BCUT2D eigenvalue weighted by Gasteiger charge is -2.49. The smallest absolute Gasteiger partial charge is 0.220 e. The summed E-state index contributed by atoms with van der Waals surface area (Å²) in [7, 11) is 0. The van der Waals surface area contributed by atoms with E-state index in [0.717, 1.165) is 6.92 Å². The van der Waals surface area contributed by atoms with Crippen molar-refractivity contribution in [3.8, 4) is 0 Å². The van der Waals surface area contributed by atoms with Gasteiger partial charge in [-0.3, -0.25) is 19.2 Å². The Morgan fingerprint density at radius 3 is 1.98 bits per heavy atom. The van der Waals surface area contributed by atoms with Gasteiger partial charge in [0.15, 0.2) is 24.7 Å². The van der Waals surface area contributed by atoms with Crippen LogP contribution in [0.2, 0.25) is 0 Å². The first kappa shape index (κ1) is 45.2. The molecule has 3 aliphatic heterocycles. The summed E-state index contributed by atoms with van der Waals surface area (Å²) in [5, 5.41) is 78.1. The van der Waals surface area contributed by atoms with Gasteiger partial charge < -0.3 is 74.8 Å². The molecule has 3 aliphatic rings. The van der Waals surface area contributed by atoms with Crippen molar-refractivity contribution in [2.24, 2.45) is 0 Å². The topological polar surface area (TPSA) is 289 Å². The van der Waals surface area contributed by atoms with E-state index in [9.17, 15) is 54.9 Å². The second-order valence-corrected chi connectivity index (χ2v) is 13.7. The zero-order valence-corrected chi connectivity index (χ0v) is 30.5. The van der Waals surface area contributed by atoms with E-state index in [4.69, 9.17) is 28.4 Å². The maximum atomic E-state index is 12.4. The molecule has 9 N–H and O–H groups in total. The summed E-state index contributed by atoms with van der Waals surface area (Å²) in [6, 6.07) is -1.39. The Balaban J connectivity index is 1.67. The van der Waals surface area contributed by atoms with Gasteiger partial charge in [0.2, 0.25) is 11.8 Å². The molecule has 0 aromatic carbocycles. The van der Waals surface area contributed by atoms with Crippen LogP contribution in [0.25, 0.3) is 0 Å². The zero-order valence-electron chi connectivity index (χ0n) is 30.5. The number of aliphatic hydroxyl groups excluding tert-OH is 7. The quantitative estimate of drug-likeness (QED) is 0.0528. The number of amides is 2. The van der Waals surface area contributed by atoms with Gasteiger partial charge in [-0.15, -0.1) is 0 Å². The van der Waals surface area contributed by atoms with Crippen molar-refractivity contribution in [1.29, 1.82) is 0 Å². The predicted octanol–water partition coefficient (Wildman–Crippen LogP) is -2.95. The standard InChI is InChI=1S/C34H58N2O17/c1-4-19(40)14-35-24(43)11-6-5-9-20(41)10-7-8-12-48-34-32(52-25-13-21(42)27(44)17(2)49-25)31(29(46)23(16-38)51-34)53-33-26(36-18(3)39)30(47)28(45)22(15-37)50-33/h17,21-23,25-34,37-38,42,44-47H,4-16H2,1-3H3,(H,35,43)(H,36,39)/t17?,21-,22?,23?,25+,26?,27-,28+,29+,30-,31+,32?,33-,34-/m1/s1. The second kappa shape index (κ2) is 22.3. The number of carbonyl (C=O) groups is 4. The minimum absolute atomic E-state index is 0.000952. The van der Waals surface area contributed by atoms with Gasteiger partial charge in [-0.25, -0.2) is 0 Å². The van der Waals surface area contributed by atoms with Crippen molar-refractivity contribution in [3.05, 3.63) is 0 Å². The van der Waals surface area contributed by atoms with Gasteiger partial charge in [-0.2, -0.15) is 0 Å². The maximum absolute atomic E-state index is 12.4. The number of aliphatic hydroxyl groups is 7. The average molecular weight is 767 g/mol. The lowest BCUT2D eigenvalue weighted by Crippen LogP contribution is -2.68. The van der Waals surface area contributed by atoms with Crippen LogP contribution in [0.3, 0.4) is 0 Å². The van der Waals surface area contributed by atoms with E-state index in [1.165, 1.54) is 6.92 Å². The molecule has 0 bridgehead atoms. The van der Waals surface area contributed by atoms with Crippen molar-refractivity contribution in [3.63, 3.8) is 0 Å². The Labute approximate surface area is 308 Å². The molecule has 53 heavy (non-hydrogen) atoms. The van der Waals surface area contributed by atoms with Gasteiger partial charge in [0, 0.05) is 45.6 Å². The van der Waals surface area contributed by atoms with E-state index in [-0.39, 0.29) is 56.3 Å². The Morgan fingerprint density at radius 2 is 1.36 bits per heavy atom. The molecule has 14 atom stereocenters. The van der Waals surface area contributed by atoms with E-state index in [1.54, 1.807) is 6.92 Å². The van der Waals surface area contributed by atoms with Gasteiger partial charge in [0.1, 0.15) is 60.7 Å². The van der Waals surface area contributed by atoms with E-state index in [2.05, 4.69) is 10.6 Å². The number of ketones is 2. The van der Waals surface area contributed by atoms with E-state index in [0.29, 0.717) is 32.1 Å². The van der Waals surface area contributed by atoms with Gasteiger partial charge in [-0.05, 0) is 32.6 Å². The van der Waals surface area contributed by atoms with Crippen molar-refractivity contribution in [1.82, 2.24) is 10.6 Å². The van der Waals surface area contributed by atoms with Crippen LogP contribution < -0.4 is 10.6 Å². The highest BCUT2D eigenvalue weighted by atomic mass is 16.8. The third kappa shape index (κ3) is 13.5. The monoisotopic (exact) mass is 766 g/mol. The van der Waals surface area contributed by atoms with Crippen LogP contribution in [0.4, 0.5) is 0 Å². The minimum atomic E-state index is -1.67. The maximum Gasteiger partial charge on any atom is 0.220 e. The molecule has 19 heteroatoms. The van der Waals surface area contributed by atoms with Gasteiger partial charge in [0.05, 0.1) is 32.0 Å². The Morgan fingerprint density at radius 1 is 0.736 bits per heavy atom. The number of rotatable bonds is 21. The van der Waals surface area contributed by atoms with E-state index < -0.39 is 105 Å². The molecule has 0 aromatic rings. The average Bonchev–Trinajstić information content (AvgIpc) is 3.12. The molecule has 0 radical (unpaired) electrons. The minimum Gasteiger partial charge on any atom is -0.394 e. The summed E-state index contributed by atoms with van der Waals surface area (Å²) in [4.78, 5) is 47.7. The van der Waals surface area contributed by atoms with Crippen LogP contribution in [0.1, 0.15) is 78.6 Å². The number of nitrogens with one attached hydrogen (secondary N) is 2. The third-order valence-electron chi connectivity index (χ3n) is 9.44. The van der Waals surface area contributed by atoms with Crippen LogP contribution >= 0.6 is 0 Å². The summed E-state index contributed by atoms with van der Waals surface area (Å²) in [5.41, 5.74) is 0. The third-order valence-corrected chi connectivity index (χ3v) is 9.44. The Bertz CT molecular complexity index is 1150. The fourth-order valence-electron chi connectivity index (χ4n) is 6.27. The van der Waals surface area contributed by atoms with Crippen molar-refractivity contribution < 1.29 is 83.3 Å². The first-order chi connectivity index (χ1) is 25.2. The Kier molecular flexibility index (Phi) is 19.0. The highest BCUT2D eigenvalue weighted by Gasteiger charge is 2.53. The summed E-state index contributed by atoms with van der Waals surface area (Å²) < 4.78 is 35.6. The molecule has 5 unspecified atom stereocenters. The van der Waals surface area contributed by atoms with E-state index >= 15 is 0 Å². The van der Waals surface area contributed by atoms with Crippen LogP contribution in [0.15, 0.2) is 0 Å². The molecule has 3 fully saturated rings. The molecular formula is C34H58N2O17. The van der Waals surface area contributed by atoms with Gasteiger partial charge >= 0.3 is 0 Å². The number of Topliss-reactive ketones (excluding diaryl/α,β-unsaturated/α-hetero) is 2. The summed E-state index contributed by atoms with van der Waals surface area (Å²) >= 11 is 0. The summed E-state index contributed by atoms with van der Waals surface area (Å²) in [6.45, 7) is 2.97. The summed E-state index contributed by atoms with van der Waals surface area (Å²) in [5.74, 6) is -0.920. The van der Waals surface area contributed by atoms with Crippen LogP contribution in [0, 0.1) is 0 Å². The number of hydrogen-bond donors (Lipinski definition) is 9. The predicted molar refractivity (Wildman–Crippen MR) is 179 cm³/mol. The van der Waals surface area contributed by atoms with Crippen molar-refractivity contribution >= 4 is 23.4 Å². The number of unbranched alkanes of at least 4 members (excludes halogenated alkanes) is 2. The first-order valence-electron chi connectivity index (χ1n) is 18.3. The molecule has 19 nitrogen and oxygen atoms in total.